The molecule has 31 heavy (non-hydrogen) atoms. The molecule has 1 unspecified atom stereocenters. The molecule has 1 fully saturated rings. The van der Waals surface area contributed by atoms with Gasteiger partial charge in [-0.15, -0.1) is 0 Å². The third-order valence-corrected chi connectivity index (χ3v) is 7.57. The van der Waals surface area contributed by atoms with Crippen LogP contribution < -0.4 is 14.5 Å². The molecule has 21 heteroatoms. The molecule has 7 N–H and O–H groups in total. The Hall–Kier alpha value is -1.43. The van der Waals surface area contributed by atoms with Crippen molar-refractivity contribution < 1.29 is 62.7 Å². The number of nitrogens with zero attached hydrogens (tertiary/aromatic N) is 3. The molecule has 3 rings (SSSR count). The molecule has 0 aromatic carbocycles. The van der Waals surface area contributed by atoms with Gasteiger partial charge in [0.1, 0.15) is 0 Å². The van der Waals surface area contributed by atoms with Crippen molar-refractivity contribution >= 4 is 46.0 Å². The van der Waals surface area contributed by atoms with Crippen molar-refractivity contribution in [2.24, 2.45) is 0 Å². The van der Waals surface area contributed by atoms with E-state index in [-0.39, 0.29) is 17.0 Å². The van der Waals surface area contributed by atoms with Crippen LogP contribution in [0.25, 0.3) is 11.2 Å². The third kappa shape index (κ3) is 5.88. The predicted octanol–water partition coefficient (Wildman–Crippen LogP) is -3.65. The number of aromatic amines is 1. The fraction of sp³-hybridized carbons (Fsp3) is 0.500. The Morgan fingerprint density at radius 1 is 1.32 bits per heavy atom. The molecule has 5 atom stereocenters. The monoisotopic (exact) mass is 555 g/mol. The Balaban J connectivity index is 1.89. The van der Waals surface area contributed by atoms with Gasteiger partial charge in [-0.1, -0.05) is 0 Å². The van der Waals surface area contributed by atoms with Crippen LogP contribution in [0.3, 0.4) is 0 Å². The van der Waals surface area contributed by atoms with Gasteiger partial charge < -0.3 is 0 Å². The first-order valence-electron chi connectivity index (χ1n) is 7.87. The summed E-state index contributed by atoms with van der Waals surface area (Å²) in [6.45, 7) is -1.08. The van der Waals surface area contributed by atoms with E-state index in [1.165, 1.54) is 6.33 Å². The molecule has 174 valence electrons. The molecule has 0 bridgehead atoms. The number of nitrogens with one attached hydrogen (secondary N) is 1. The van der Waals surface area contributed by atoms with E-state index in [0.717, 1.165) is 10.9 Å². The van der Waals surface area contributed by atoms with Crippen molar-refractivity contribution in [1.82, 2.24) is 15.0 Å². The van der Waals surface area contributed by atoms with Gasteiger partial charge in [0.05, 0.1) is 0 Å². The average Bonchev–Trinajstić information content (AvgIpc) is 3.18. The molecule has 0 aliphatic carbocycles. The minimum atomic E-state index is -6.38. The van der Waals surface area contributed by atoms with Crippen molar-refractivity contribution in [3.05, 3.63) is 12.7 Å². The van der Waals surface area contributed by atoms with Gasteiger partial charge >= 0.3 is 173 Å². The Bertz CT molecular complexity index is 1170. The van der Waals surface area contributed by atoms with Crippen LogP contribution in [0.5, 0.6) is 0 Å². The zero-order valence-electron chi connectivity index (χ0n) is 14.9. The second-order valence-corrected chi connectivity index (χ2v) is 11.2. The Kier molecular flexibility index (Phi) is 6.63. The van der Waals surface area contributed by atoms with Crippen LogP contribution >= 0.6 is 15.6 Å². The fourth-order valence-electron chi connectivity index (χ4n) is 2.78. The standard InChI is InChI=1S/C10H15N5O13P2Se/c11-8-5-9(13-2-12-5)15(3-14-8)10-6(16)7(27-29(17,18)19)4(26-10)1-25-30(20,21)28-31(22,23)24/h2-4,6-7,10,16H,1H2,(H6,11,12,13,17,18,19,20,21,22,23,24)/t4-,6-,7-,10-/m1/s1. The van der Waals surface area contributed by atoms with Crippen molar-refractivity contribution in [1.29, 1.82) is 0 Å². The van der Waals surface area contributed by atoms with Crippen molar-refractivity contribution in [3.8, 4) is 0 Å². The average molecular weight is 554 g/mol. The maximum atomic E-state index is 11.6. The molecule has 1 aliphatic rings. The summed E-state index contributed by atoms with van der Waals surface area (Å²) in [7, 11) is -10.6. The first-order valence-corrected chi connectivity index (χ1v) is 13.7. The molecule has 0 amide bonds. The van der Waals surface area contributed by atoms with E-state index in [4.69, 9.17) is 20.3 Å². The number of hydrogen-bond acceptors (Lipinski definition) is 13. The summed E-state index contributed by atoms with van der Waals surface area (Å²) in [5, 5.41) is 10.5. The number of imidazole rings is 1. The third-order valence-electron chi connectivity index (χ3n) is 3.87. The van der Waals surface area contributed by atoms with Crippen molar-refractivity contribution in [2.75, 3.05) is 12.3 Å². The topological polar surface area (TPSA) is 281 Å². The molecular formula is C10H15N5O13P2Se. The number of anilines is 1. The number of phosphoric acid groups is 2. The summed E-state index contributed by atoms with van der Waals surface area (Å²) in [6.07, 6.45) is -4.44. The van der Waals surface area contributed by atoms with Gasteiger partial charge in [-0.25, -0.2) is 0 Å². The number of ether oxygens (including phenoxy) is 1. The van der Waals surface area contributed by atoms with Crippen LogP contribution in [0, 0.1) is 0 Å². The molecule has 1 aliphatic heterocycles. The number of aliphatic hydroxyl groups excluding tert-OH is 1. The Labute approximate surface area is 173 Å². The molecule has 3 heterocycles. The second kappa shape index (κ2) is 8.49. The van der Waals surface area contributed by atoms with Gasteiger partial charge in [0.2, 0.25) is 0 Å². The molecule has 0 radical (unpaired) electrons. The number of aromatic nitrogens is 4. The van der Waals surface area contributed by atoms with Gasteiger partial charge in [0, 0.05) is 0 Å². The van der Waals surface area contributed by atoms with Gasteiger partial charge in [0.15, 0.2) is 0 Å². The first kappa shape index (κ1) is 24.2. The molecule has 18 nitrogen and oxygen atoms in total. The van der Waals surface area contributed by atoms with E-state index >= 15 is 0 Å². The van der Waals surface area contributed by atoms with Gasteiger partial charge in [-0.3, -0.25) is 0 Å². The Morgan fingerprint density at radius 3 is 2.61 bits per heavy atom. The molecular weight excluding hydrogens is 539 g/mol. The maximum absolute atomic E-state index is 11.6. The molecule has 0 saturated carbocycles. The van der Waals surface area contributed by atoms with E-state index in [2.05, 4.69) is 27.6 Å². The van der Waals surface area contributed by atoms with Crippen LogP contribution in [0.15, 0.2) is 12.7 Å². The van der Waals surface area contributed by atoms with Crippen LogP contribution in [-0.4, -0.2) is 73.0 Å². The van der Waals surface area contributed by atoms with E-state index < -0.39 is 60.2 Å². The summed E-state index contributed by atoms with van der Waals surface area (Å²) in [4.78, 5) is 38.1. The summed E-state index contributed by atoms with van der Waals surface area (Å²) in [5.74, 6) is 0.0403. The van der Waals surface area contributed by atoms with Crippen LogP contribution in [0.4, 0.5) is 5.82 Å². The molecule has 0 spiro atoms. The fourth-order valence-corrected chi connectivity index (χ4v) is 5.69. The number of rotatable bonds is 8. The quantitative estimate of drug-likeness (QED) is 0.104. The summed E-state index contributed by atoms with van der Waals surface area (Å²) in [6, 6.07) is 0. The van der Waals surface area contributed by atoms with E-state index in [0.29, 0.717) is 0 Å². The number of fused-ring (bicyclic) bond motifs is 1. The summed E-state index contributed by atoms with van der Waals surface area (Å²) in [5.41, 5.74) is 6.05. The summed E-state index contributed by atoms with van der Waals surface area (Å²) < 4.78 is 73.4. The minimum absolute atomic E-state index is 0.0403. The van der Waals surface area contributed by atoms with Gasteiger partial charge in [0.25, 0.3) is 0 Å². The number of H-pyrrole nitrogens is 1. The van der Waals surface area contributed by atoms with Crippen LogP contribution in [0.1, 0.15) is 6.23 Å². The van der Waals surface area contributed by atoms with Crippen molar-refractivity contribution in [2.45, 2.75) is 24.5 Å². The Morgan fingerprint density at radius 2 is 2.00 bits per heavy atom. The van der Waals surface area contributed by atoms with Crippen molar-refractivity contribution in [3.63, 3.8) is 0 Å². The number of nitrogens with two attached hydrogens (primary N) is 1. The SMILES string of the molecule is Nc1nc[n+]([C@@H]2O[C@H](COP(=O)(O)O[Se](=O)(=O)[O-])[C@@H](OP(=O)(O)O)[C@H]2O)c2nc[nH]c12. The number of aliphatic hydroxyl groups is 1. The summed E-state index contributed by atoms with van der Waals surface area (Å²) >= 11 is -6.38. The van der Waals surface area contributed by atoms with Crippen LogP contribution in [0.2, 0.25) is 0 Å². The molecule has 1 saturated heterocycles. The van der Waals surface area contributed by atoms with E-state index in [1.54, 1.807) is 0 Å². The second-order valence-electron chi connectivity index (χ2n) is 6.00. The first-order chi connectivity index (χ1) is 14.2. The number of nitrogen functional groups attached to an aromatic ring is 1. The molecule has 2 aromatic rings. The predicted molar refractivity (Wildman–Crippen MR) is 89.3 cm³/mol. The van der Waals surface area contributed by atoms with Gasteiger partial charge in [-0.2, -0.15) is 0 Å². The normalized spacial score (nSPS) is 26.9. The van der Waals surface area contributed by atoms with Crippen LogP contribution in [-0.2, 0) is 34.2 Å². The van der Waals surface area contributed by atoms with Gasteiger partial charge in [-0.05, 0) is 0 Å². The molecule has 2 aromatic heterocycles. The van der Waals surface area contributed by atoms with E-state index in [1.807, 2.05) is 0 Å². The zero-order chi connectivity index (χ0) is 23.2. The number of phosphoric ester groups is 2. The number of hydrogen-bond donors (Lipinski definition) is 6. The van der Waals surface area contributed by atoms with E-state index in [9.17, 15) is 31.0 Å². The zero-order valence-corrected chi connectivity index (χ0v) is 18.4.